The SMILES string of the molecule is CC(Oc1c(N)ncc2c(-c3ccc(C(=O)N4CCN(CCO)CC4)cc3)coc12)c1c(Cl)c(F)cc(F)c1Cl. The summed E-state index contributed by atoms with van der Waals surface area (Å²) >= 11 is 12.1. The van der Waals surface area contributed by atoms with Crippen molar-refractivity contribution in [1.29, 1.82) is 0 Å². The van der Waals surface area contributed by atoms with Crippen molar-refractivity contribution in [2.75, 3.05) is 45.1 Å². The second-order valence-electron chi connectivity index (χ2n) is 9.44. The van der Waals surface area contributed by atoms with Crippen molar-refractivity contribution in [2.45, 2.75) is 13.0 Å². The number of benzene rings is 2. The van der Waals surface area contributed by atoms with Gasteiger partial charge in [-0.1, -0.05) is 35.3 Å². The maximum atomic E-state index is 14.1. The molecule has 1 saturated heterocycles. The van der Waals surface area contributed by atoms with Crippen molar-refractivity contribution in [3.8, 4) is 16.9 Å². The Kier molecular flexibility index (Phi) is 8.14. The van der Waals surface area contributed by atoms with E-state index in [1.165, 1.54) is 19.4 Å². The number of rotatable bonds is 7. The van der Waals surface area contributed by atoms with E-state index in [4.69, 9.17) is 43.2 Å². The topological polar surface area (TPSA) is 105 Å². The monoisotopic (exact) mass is 590 g/mol. The van der Waals surface area contributed by atoms with Crippen LogP contribution in [0.3, 0.4) is 0 Å². The number of carbonyl (C=O) groups is 1. The first-order valence-electron chi connectivity index (χ1n) is 12.6. The van der Waals surface area contributed by atoms with Crippen molar-refractivity contribution >= 4 is 45.9 Å². The summed E-state index contributed by atoms with van der Waals surface area (Å²) in [6.07, 6.45) is 2.06. The molecule has 0 spiro atoms. The fourth-order valence-corrected chi connectivity index (χ4v) is 5.45. The molecular weight excluding hydrogens is 565 g/mol. The van der Waals surface area contributed by atoms with E-state index in [2.05, 4.69) is 9.88 Å². The van der Waals surface area contributed by atoms with Gasteiger partial charge in [0.2, 0.25) is 5.75 Å². The number of halogens is 4. The summed E-state index contributed by atoms with van der Waals surface area (Å²) in [5, 5.41) is 8.97. The standard InChI is InChI=1S/C28H26Cl2F2N4O4/c1-15(22-23(29)20(31)12-21(32)24(22)30)40-26-25-18(13-34-27(26)33)19(14-39-25)16-2-4-17(5-3-16)28(38)36-8-6-35(7-9-36)10-11-37/h2-5,12-15,37H,6-11H2,1H3,(H2,33,34). The molecule has 0 bridgehead atoms. The second-order valence-corrected chi connectivity index (χ2v) is 10.2. The molecule has 1 unspecified atom stereocenters. The van der Waals surface area contributed by atoms with Gasteiger partial charge in [0.25, 0.3) is 5.91 Å². The number of aliphatic hydroxyl groups is 1. The minimum absolute atomic E-state index is 0.00407. The van der Waals surface area contributed by atoms with E-state index in [0.717, 1.165) is 18.7 Å². The Hall–Kier alpha value is -3.44. The van der Waals surface area contributed by atoms with Crippen molar-refractivity contribution in [3.05, 3.63) is 75.6 Å². The van der Waals surface area contributed by atoms with Crippen molar-refractivity contribution in [2.24, 2.45) is 0 Å². The van der Waals surface area contributed by atoms with E-state index in [0.29, 0.717) is 42.2 Å². The summed E-state index contributed by atoms with van der Waals surface area (Å²) in [4.78, 5) is 21.1. The van der Waals surface area contributed by atoms with Crippen LogP contribution in [-0.2, 0) is 0 Å². The number of β-amino-alcohol motifs (C(OH)–C–C–N with tert-alkyl or cyclic N) is 1. The first kappa shape index (κ1) is 28.1. The number of hydrogen-bond donors (Lipinski definition) is 2. The van der Waals surface area contributed by atoms with Gasteiger partial charge in [0.15, 0.2) is 11.4 Å². The van der Waals surface area contributed by atoms with Crippen LogP contribution >= 0.6 is 23.2 Å². The molecule has 0 radical (unpaired) electrons. The van der Waals surface area contributed by atoms with Crippen LogP contribution in [0, 0.1) is 11.6 Å². The zero-order valence-corrected chi connectivity index (χ0v) is 23.0. The number of aliphatic hydroxyl groups excluding tert-OH is 1. The van der Waals surface area contributed by atoms with E-state index in [1.807, 2.05) is 12.1 Å². The Balaban J connectivity index is 1.39. The van der Waals surface area contributed by atoms with Gasteiger partial charge >= 0.3 is 0 Å². The van der Waals surface area contributed by atoms with Gasteiger partial charge in [-0.25, -0.2) is 13.8 Å². The molecular formula is C28H26Cl2F2N4O4. The maximum absolute atomic E-state index is 14.1. The second kappa shape index (κ2) is 11.6. The molecule has 1 atom stereocenters. The van der Waals surface area contributed by atoms with Gasteiger partial charge in [-0.2, -0.15) is 0 Å². The largest absolute Gasteiger partial charge is 0.478 e. The molecule has 3 N–H and O–H groups in total. The van der Waals surface area contributed by atoms with Crippen LogP contribution in [0.4, 0.5) is 14.6 Å². The zero-order chi connectivity index (χ0) is 28.6. The number of fused-ring (bicyclic) bond motifs is 1. The number of piperazine rings is 1. The van der Waals surface area contributed by atoms with Gasteiger partial charge in [0.05, 0.1) is 28.3 Å². The Morgan fingerprint density at radius 3 is 2.42 bits per heavy atom. The number of pyridine rings is 1. The number of aromatic nitrogens is 1. The van der Waals surface area contributed by atoms with Crippen LogP contribution in [0.1, 0.15) is 28.9 Å². The Labute approximate surface area is 238 Å². The predicted octanol–water partition coefficient (Wildman–Crippen LogP) is 5.55. The molecule has 0 aliphatic carbocycles. The van der Waals surface area contributed by atoms with Crippen LogP contribution in [0.15, 0.2) is 47.2 Å². The van der Waals surface area contributed by atoms with E-state index in [-0.39, 0.29) is 45.3 Å². The summed E-state index contributed by atoms with van der Waals surface area (Å²) in [6, 6.07) is 7.74. The molecule has 2 aromatic heterocycles. The first-order valence-corrected chi connectivity index (χ1v) is 13.3. The third-order valence-electron chi connectivity index (χ3n) is 6.97. The molecule has 1 amide bonds. The average Bonchev–Trinajstić information content (AvgIpc) is 3.38. The Bertz CT molecular complexity index is 1530. The highest BCUT2D eigenvalue weighted by Gasteiger charge is 2.26. The van der Waals surface area contributed by atoms with Crippen LogP contribution in [0.2, 0.25) is 10.0 Å². The van der Waals surface area contributed by atoms with E-state index >= 15 is 0 Å². The Morgan fingerprint density at radius 2 is 1.80 bits per heavy atom. The fourth-order valence-electron chi connectivity index (χ4n) is 4.79. The first-order chi connectivity index (χ1) is 19.2. The van der Waals surface area contributed by atoms with Crippen LogP contribution in [0.5, 0.6) is 5.75 Å². The lowest BCUT2D eigenvalue weighted by Crippen LogP contribution is -2.49. The number of nitrogens with zero attached hydrogens (tertiary/aromatic N) is 3. The lowest BCUT2D eigenvalue weighted by atomic mass is 10.0. The number of amides is 1. The number of hydrogen-bond acceptors (Lipinski definition) is 7. The smallest absolute Gasteiger partial charge is 0.253 e. The minimum Gasteiger partial charge on any atom is -0.478 e. The molecule has 8 nitrogen and oxygen atoms in total. The van der Waals surface area contributed by atoms with Crippen molar-refractivity contribution < 1.29 is 27.8 Å². The van der Waals surface area contributed by atoms with Crippen molar-refractivity contribution in [3.63, 3.8) is 0 Å². The van der Waals surface area contributed by atoms with Crippen LogP contribution in [0.25, 0.3) is 22.1 Å². The molecule has 2 aromatic carbocycles. The van der Waals surface area contributed by atoms with Gasteiger partial charge in [0, 0.05) is 61.7 Å². The Morgan fingerprint density at radius 1 is 1.15 bits per heavy atom. The zero-order valence-electron chi connectivity index (χ0n) is 21.5. The fraction of sp³-hybridized carbons (Fsp3) is 0.286. The summed E-state index contributed by atoms with van der Waals surface area (Å²) < 4.78 is 40.0. The van der Waals surface area contributed by atoms with Crippen LogP contribution in [-0.4, -0.2) is 65.1 Å². The number of anilines is 1. The van der Waals surface area contributed by atoms with Gasteiger partial charge in [0.1, 0.15) is 17.7 Å². The number of ether oxygens (including phenoxy) is 1. The van der Waals surface area contributed by atoms with Gasteiger partial charge in [-0.15, -0.1) is 0 Å². The molecule has 5 rings (SSSR count). The highest BCUT2D eigenvalue weighted by Crippen LogP contribution is 2.42. The van der Waals surface area contributed by atoms with Gasteiger partial charge in [-0.05, 0) is 24.6 Å². The predicted molar refractivity (Wildman–Crippen MR) is 149 cm³/mol. The van der Waals surface area contributed by atoms with Crippen LogP contribution < -0.4 is 10.5 Å². The number of nitrogens with two attached hydrogens (primary N) is 1. The number of furan rings is 1. The van der Waals surface area contributed by atoms with Gasteiger partial charge < -0.3 is 24.9 Å². The van der Waals surface area contributed by atoms with Crippen molar-refractivity contribution in [1.82, 2.24) is 14.8 Å². The summed E-state index contributed by atoms with van der Waals surface area (Å²) in [6.45, 7) is 4.86. The molecule has 1 fully saturated rings. The van der Waals surface area contributed by atoms with E-state index in [1.54, 1.807) is 17.0 Å². The molecule has 1 aliphatic heterocycles. The summed E-state index contributed by atoms with van der Waals surface area (Å²) in [7, 11) is 0. The summed E-state index contributed by atoms with van der Waals surface area (Å²) in [5.74, 6) is -1.92. The molecule has 40 heavy (non-hydrogen) atoms. The molecule has 4 aromatic rings. The highest BCUT2D eigenvalue weighted by atomic mass is 35.5. The third kappa shape index (κ3) is 5.32. The molecule has 0 saturated carbocycles. The molecule has 12 heteroatoms. The highest BCUT2D eigenvalue weighted by molar-refractivity contribution is 6.36. The lowest BCUT2D eigenvalue weighted by Gasteiger charge is -2.34. The molecule has 1 aliphatic rings. The molecule has 210 valence electrons. The number of carbonyl (C=O) groups excluding carboxylic acids is 1. The maximum Gasteiger partial charge on any atom is 0.253 e. The third-order valence-corrected chi connectivity index (χ3v) is 7.73. The molecule has 3 heterocycles. The minimum atomic E-state index is -0.996. The van der Waals surface area contributed by atoms with Gasteiger partial charge in [-0.3, -0.25) is 9.69 Å². The quantitative estimate of drug-likeness (QED) is 0.272. The van der Waals surface area contributed by atoms with E-state index in [9.17, 15) is 13.6 Å². The average molecular weight is 591 g/mol. The lowest BCUT2D eigenvalue weighted by molar-refractivity contribution is 0.0615. The van der Waals surface area contributed by atoms with E-state index < -0.39 is 17.7 Å². The summed E-state index contributed by atoms with van der Waals surface area (Å²) in [5.41, 5.74) is 8.30. The number of nitrogen functional groups attached to an aromatic ring is 1. The normalized spacial score (nSPS) is 15.0.